The number of carbonyl (C=O) groups excluding carboxylic acids is 3. The summed E-state index contributed by atoms with van der Waals surface area (Å²) in [6.07, 6.45) is 0.418. The molecule has 2 rings (SSSR count). The summed E-state index contributed by atoms with van der Waals surface area (Å²) in [7, 11) is 0. The van der Waals surface area contributed by atoms with Crippen LogP contribution in [0.4, 0.5) is 22.7 Å². The van der Waals surface area contributed by atoms with Gasteiger partial charge in [-0.15, -0.1) is 0 Å². The van der Waals surface area contributed by atoms with Crippen molar-refractivity contribution in [1.82, 2.24) is 0 Å². The topological polar surface area (TPSA) is 173 Å². The molecule has 0 aliphatic heterocycles. The number of anilines is 2. The van der Waals surface area contributed by atoms with Gasteiger partial charge in [0.25, 0.3) is 5.69 Å². The van der Waals surface area contributed by atoms with Crippen LogP contribution in [0, 0.1) is 15.6 Å². The van der Waals surface area contributed by atoms with Gasteiger partial charge in [0, 0.05) is 38.1 Å². The first kappa shape index (κ1) is 32.8. The van der Waals surface area contributed by atoms with Crippen LogP contribution >= 0.6 is 0 Å². The number of non-ortho nitro benzene ring substituents is 1. The van der Waals surface area contributed by atoms with Crippen molar-refractivity contribution in [2.45, 2.75) is 48.0 Å². The molecule has 12 nitrogen and oxygen atoms in total. The van der Waals surface area contributed by atoms with E-state index in [1.165, 1.54) is 38.1 Å². The molecule has 0 spiro atoms. The summed E-state index contributed by atoms with van der Waals surface area (Å²) < 4.78 is 4.40. The van der Waals surface area contributed by atoms with E-state index in [-0.39, 0.29) is 17.6 Å². The average molecular weight is 492 g/mol. The number of ether oxygens (including phenoxy) is 1. The second kappa shape index (κ2) is 20.3. The van der Waals surface area contributed by atoms with E-state index in [1.54, 1.807) is 38.1 Å². The number of hydrogen-bond acceptors (Lipinski definition) is 10. The summed E-state index contributed by atoms with van der Waals surface area (Å²) in [6, 6.07) is 12.4. The first-order valence-corrected chi connectivity index (χ1v) is 10.7. The molecule has 0 saturated heterocycles. The molecule has 0 aliphatic rings. The van der Waals surface area contributed by atoms with Crippen molar-refractivity contribution in [3.8, 4) is 0 Å². The lowest BCUT2D eigenvalue weighted by Crippen LogP contribution is -2.10. The van der Waals surface area contributed by atoms with Gasteiger partial charge < -0.3 is 14.9 Å². The van der Waals surface area contributed by atoms with Crippen LogP contribution in [0.3, 0.4) is 0 Å². The lowest BCUT2D eigenvalue weighted by molar-refractivity contribution is -0.384. The normalized spacial score (nSPS) is 8.63. The van der Waals surface area contributed by atoms with Crippen LogP contribution in [0.5, 0.6) is 0 Å². The van der Waals surface area contributed by atoms with Gasteiger partial charge in [0.1, 0.15) is 0 Å². The van der Waals surface area contributed by atoms with E-state index in [9.17, 15) is 24.5 Å². The van der Waals surface area contributed by atoms with Gasteiger partial charge in [-0.2, -0.15) is 5.11 Å². The Morgan fingerprint density at radius 2 is 1.57 bits per heavy atom. The van der Waals surface area contributed by atoms with Crippen LogP contribution in [0.15, 0.2) is 53.6 Å². The van der Waals surface area contributed by atoms with Crippen molar-refractivity contribution < 1.29 is 28.9 Å². The van der Waals surface area contributed by atoms with Crippen molar-refractivity contribution in [2.24, 2.45) is 5.11 Å². The lowest BCUT2D eigenvalue weighted by Gasteiger charge is -2.07. The molecule has 192 valence electrons. The summed E-state index contributed by atoms with van der Waals surface area (Å²) in [5.41, 5.74) is 10.7. The van der Waals surface area contributed by atoms with E-state index < -0.39 is 10.9 Å². The molecule has 35 heavy (non-hydrogen) atoms. The standard InChI is InChI=1S/C11H14N2O3.C6H5N3O2.C4H8O2.C2H6/c1-3-11(15)12-9-5-4-6-10(7-9)13-16-8(2)14;7-8-5-1-3-6(4-2-5)9(10)11;1-3-6-4(2)5;1-2/h4-7,13H,3H2,1-2H3,(H,12,15);1-4,7H;3H2,1-2H3;1-2H3. The molecule has 2 aromatic rings. The van der Waals surface area contributed by atoms with Gasteiger partial charge in [-0.05, 0) is 37.3 Å². The molecular formula is C23H33N5O7. The first-order valence-electron chi connectivity index (χ1n) is 10.7. The number of rotatable bonds is 7. The van der Waals surface area contributed by atoms with E-state index in [1.807, 2.05) is 13.8 Å². The maximum Gasteiger partial charge on any atom is 0.329 e. The Labute approximate surface area is 204 Å². The van der Waals surface area contributed by atoms with Gasteiger partial charge in [0.05, 0.1) is 22.9 Å². The monoisotopic (exact) mass is 491 g/mol. The van der Waals surface area contributed by atoms with E-state index in [2.05, 4.69) is 25.5 Å². The van der Waals surface area contributed by atoms with Crippen molar-refractivity contribution in [2.75, 3.05) is 17.4 Å². The number of nitro groups is 1. The molecule has 1 amide bonds. The number of nitro benzene ring substituents is 1. The Kier molecular flexibility index (Phi) is 19.0. The Morgan fingerprint density at radius 1 is 1.00 bits per heavy atom. The fourth-order valence-corrected chi connectivity index (χ4v) is 1.89. The van der Waals surface area contributed by atoms with Gasteiger partial charge in [-0.25, -0.2) is 11.0 Å². The second-order valence-electron chi connectivity index (χ2n) is 5.99. The summed E-state index contributed by atoms with van der Waals surface area (Å²) in [4.78, 5) is 45.8. The highest BCUT2D eigenvalue weighted by atomic mass is 16.7. The Hall–Kier alpha value is -4.35. The third-order valence-electron chi connectivity index (χ3n) is 3.32. The van der Waals surface area contributed by atoms with Crippen molar-refractivity contribution in [3.63, 3.8) is 0 Å². The fraction of sp³-hybridized carbons (Fsp3) is 0.348. The Morgan fingerprint density at radius 3 is 1.97 bits per heavy atom. The van der Waals surface area contributed by atoms with Gasteiger partial charge in [-0.1, -0.05) is 26.8 Å². The van der Waals surface area contributed by atoms with Crippen molar-refractivity contribution in [1.29, 1.82) is 5.53 Å². The molecule has 0 radical (unpaired) electrons. The van der Waals surface area contributed by atoms with Gasteiger partial charge in [0.15, 0.2) is 0 Å². The molecule has 0 atom stereocenters. The molecule has 2 aromatic carbocycles. The number of esters is 1. The first-order chi connectivity index (χ1) is 16.6. The second-order valence-corrected chi connectivity index (χ2v) is 5.99. The highest BCUT2D eigenvalue weighted by Gasteiger charge is 2.02. The zero-order chi connectivity index (χ0) is 27.2. The highest BCUT2D eigenvalue weighted by molar-refractivity contribution is 5.90. The van der Waals surface area contributed by atoms with Crippen LogP contribution in [-0.4, -0.2) is 29.4 Å². The summed E-state index contributed by atoms with van der Waals surface area (Å²) in [6.45, 7) is 10.7. The minimum atomic E-state index is -0.492. The molecule has 0 bridgehead atoms. The zero-order valence-electron chi connectivity index (χ0n) is 20.8. The van der Waals surface area contributed by atoms with E-state index in [0.29, 0.717) is 30.1 Å². The number of nitrogens with zero attached hydrogens (tertiary/aromatic N) is 2. The van der Waals surface area contributed by atoms with E-state index in [4.69, 9.17) is 5.53 Å². The zero-order valence-corrected chi connectivity index (χ0v) is 20.8. The molecule has 0 fully saturated rings. The average Bonchev–Trinajstić information content (AvgIpc) is 2.85. The van der Waals surface area contributed by atoms with Crippen LogP contribution in [0.25, 0.3) is 0 Å². The van der Waals surface area contributed by atoms with E-state index >= 15 is 0 Å². The lowest BCUT2D eigenvalue weighted by atomic mass is 10.3. The summed E-state index contributed by atoms with van der Waals surface area (Å²) >= 11 is 0. The molecular weight excluding hydrogens is 458 g/mol. The maximum atomic E-state index is 11.1. The molecule has 0 aromatic heterocycles. The van der Waals surface area contributed by atoms with Crippen LogP contribution in [0.1, 0.15) is 48.0 Å². The third kappa shape index (κ3) is 17.8. The van der Waals surface area contributed by atoms with Crippen molar-refractivity contribution >= 4 is 40.6 Å². The smallest absolute Gasteiger partial charge is 0.329 e. The van der Waals surface area contributed by atoms with Gasteiger partial charge >= 0.3 is 11.9 Å². The minimum absolute atomic E-state index is 0.0115. The third-order valence-corrected chi connectivity index (χ3v) is 3.32. The molecule has 0 heterocycles. The number of benzene rings is 2. The molecule has 3 N–H and O–H groups in total. The predicted molar refractivity (Wildman–Crippen MR) is 132 cm³/mol. The number of hydrogen-bond donors (Lipinski definition) is 3. The molecule has 0 aliphatic carbocycles. The fourth-order valence-electron chi connectivity index (χ4n) is 1.89. The largest absolute Gasteiger partial charge is 0.466 e. The van der Waals surface area contributed by atoms with Crippen molar-refractivity contribution in [3.05, 3.63) is 58.6 Å². The number of carbonyl (C=O) groups is 3. The quantitative estimate of drug-likeness (QED) is 0.189. The van der Waals surface area contributed by atoms with Gasteiger partial charge in [-0.3, -0.25) is 24.5 Å². The molecule has 0 unspecified atom stereocenters. The molecule has 0 saturated carbocycles. The number of amides is 1. The van der Waals surface area contributed by atoms with Gasteiger partial charge in [0.2, 0.25) is 5.91 Å². The Balaban J connectivity index is 0. The van der Waals surface area contributed by atoms with E-state index in [0.717, 1.165) is 0 Å². The maximum absolute atomic E-state index is 11.1. The summed E-state index contributed by atoms with van der Waals surface area (Å²) in [5, 5.41) is 15.9. The summed E-state index contributed by atoms with van der Waals surface area (Å²) in [5.74, 6) is -0.704. The van der Waals surface area contributed by atoms with Crippen LogP contribution < -0.4 is 10.8 Å². The highest BCUT2D eigenvalue weighted by Crippen LogP contribution is 2.17. The molecule has 12 heteroatoms. The SMILES string of the molecule is CC.CCC(=O)Nc1cccc(NOC(C)=O)c1.CCOC(C)=O.N=Nc1ccc([N+](=O)[O-])cc1. The predicted octanol–water partition coefficient (Wildman–Crippen LogP) is 5.78. The Bertz CT molecular complexity index is 934. The van der Waals surface area contributed by atoms with Crippen LogP contribution in [0.2, 0.25) is 0 Å². The number of nitrogens with one attached hydrogen (secondary N) is 3. The minimum Gasteiger partial charge on any atom is -0.466 e. The van der Waals surface area contributed by atoms with Crippen LogP contribution in [-0.2, 0) is 24.0 Å².